The average molecular weight is 288 g/mol. The number of halogens is 2. The second-order valence-corrected chi connectivity index (χ2v) is 5.84. The predicted molar refractivity (Wildman–Crippen MR) is 76.1 cm³/mol. The molecule has 1 saturated carbocycles. The first-order chi connectivity index (χ1) is 8.70. The van der Waals surface area contributed by atoms with Gasteiger partial charge in [-0.15, -0.1) is 0 Å². The zero-order valence-electron chi connectivity index (χ0n) is 10.3. The van der Waals surface area contributed by atoms with Gasteiger partial charge in [-0.05, 0) is 48.9 Å². The third-order valence-corrected chi connectivity index (χ3v) is 4.38. The number of nitrogens with one attached hydrogen (secondary N) is 1. The highest BCUT2D eigenvalue weighted by atomic mass is 35.5. The van der Waals surface area contributed by atoms with E-state index in [2.05, 4.69) is 5.32 Å². The molecule has 2 unspecified atom stereocenters. The molecule has 1 aromatic carbocycles. The molecule has 0 aliphatic heterocycles. The fourth-order valence-electron chi connectivity index (χ4n) is 2.68. The van der Waals surface area contributed by atoms with E-state index in [9.17, 15) is 5.11 Å². The zero-order chi connectivity index (χ0) is 13.0. The van der Waals surface area contributed by atoms with Crippen LogP contribution in [0.4, 0.5) is 0 Å². The van der Waals surface area contributed by atoms with E-state index in [-0.39, 0.29) is 0 Å². The van der Waals surface area contributed by atoms with Crippen molar-refractivity contribution in [1.82, 2.24) is 5.32 Å². The Labute approximate surface area is 118 Å². The summed E-state index contributed by atoms with van der Waals surface area (Å²) in [5, 5.41) is 14.1. The van der Waals surface area contributed by atoms with E-state index in [0.29, 0.717) is 28.5 Å². The molecule has 0 bridgehead atoms. The number of hydrogen-bond acceptors (Lipinski definition) is 2. The summed E-state index contributed by atoms with van der Waals surface area (Å²) in [4.78, 5) is 0. The molecule has 18 heavy (non-hydrogen) atoms. The fourth-order valence-corrected chi connectivity index (χ4v) is 3.16. The van der Waals surface area contributed by atoms with Crippen molar-refractivity contribution in [3.05, 3.63) is 33.8 Å². The first-order valence-electron chi connectivity index (χ1n) is 6.46. The number of rotatable bonds is 5. The third-order valence-electron chi connectivity index (χ3n) is 3.79. The molecule has 0 spiro atoms. The molecule has 0 radical (unpaired) electrons. The highest BCUT2D eigenvalue weighted by Crippen LogP contribution is 2.30. The lowest BCUT2D eigenvalue weighted by Crippen LogP contribution is -2.26. The molecule has 0 aromatic heterocycles. The van der Waals surface area contributed by atoms with Crippen molar-refractivity contribution in [3.8, 4) is 0 Å². The Hall–Kier alpha value is -0.280. The molecule has 0 amide bonds. The van der Waals surface area contributed by atoms with E-state index in [1.807, 2.05) is 12.1 Å². The smallest absolute Gasteiger partial charge is 0.0465 e. The summed E-state index contributed by atoms with van der Waals surface area (Å²) in [7, 11) is 0. The van der Waals surface area contributed by atoms with Gasteiger partial charge in [0.15, 0.2) is 0 Å². The molecule has 2 atom stereocenters. The van der Waals surface area contributed by atoms with Gasteiger partial charge in [0.25, 0.3) is 0 Å². The Balaban J connectivity index is 1.81. The van der Waals surface area contributed by atoms with Crippen molar-refractivity contribution >= 4 is 23.2 Å². The Morgan fingerprint density at radius 1 is 1.22 bits per heavy atom. The van der Waals surface area contributed by atoms with E-state index in [1.54, 1.807) is 6.07 Å². The van der Waals surface area contributed by atoms with Crippen LogP contribution in [0, 0.1) is 11.8 Å². The summed E-state index contributed by atoms with van der Waals surface area (Å²) in [5.41, 5.74) is 1.07. The van der Waals surface area contributed by atoms with Gasteiger partial charge in [-0.1, -0.05) is 35.7 Å². The second-order valence-electron chi connectivity index (χ2n) is 5.00. The second kappa shape index (κ2) is 6.76. The van der Waals surface area contributed by atoms with Crippen LogP contribution in [0.15, 0.2) is 18.2 Å². The molecule has 1 aromatic rings. The molecular weight excluding hydrogens is 269 g/mol. The Morgan fingerprint density at radius 2 is 2.00 bits per heavy atom. The minimum Gasteiger partial charge on any atom is -0.396 e. The minimum absolute atomic E-state index is 0.314. The Morgan fingerprint density at radius 3 is 2.72 bits per heavy atom. The summed E-state index contributed by atoms with van der Waals surface area (Å²) >= 11 is 12.0. The Kier molecular flexibility index (Phi) is 5.31. The van der Waals surface area contributed by atoms with Crippen LogP contribution in [0.2, 0.25) is 10.0 Å². The summed E-state index contributed by atoms with van der Waals surface area (Å²) in [6, 6.07) is 5.58. The highest BCUT2D eigenvalue weighted by molar-refractivity contribution is 6.35. The number of aliphatic hydroxyl groups is 1. The van der Waals surface area contributed by atoms with E-state index < -0.39 is 0 Å². The van der Waals surface area contributed by atoms with Crippen LogP contribution in [0.1, 0.15) is 24.8 Å². The lowest BCUT2D eigenvalue weighted by molar-refractivity contribution is 0.192. The normalized spacial score (nSPS) is 23.5. The van der Waals surface area contributed by atoms with Crippen LogP contribution in [0.5, 0.6) is 0 Å². The molecule has 2 rings (SSSR count). The maximum absolute atomic E-state index is 9.26. The van der Waals surface area contributed by atoms with Gasteiger partial charge in [-0.25, -0.2) is 0 Å². The van der Waals surface area contributed by atoms with Gasteiger partial charge in [0.2, 0.25) is 0 Å². The third kappa shape index (κ3) is 3.61. The van der Waals surface area contributed by atoms with Crippen LogP contribution in [0.3, 0.4) is 0 Å². The summed E-state index contributed by atoms with van der Waals surface area (Å²) in [6.07, 6.45) is 3.61. The van der Waals surface area contributed by atoms with E-state index in [1.165, 1.54) is 12.8 Å². The van der Waals surface area contributed by atoms with E-state index in [4.69, 9.17) is 23.2 Å². The van der Waals surface area contributed by atoms with Gasteiger partial charge < -0.3 is 10.4 Å². The highest BCUT2D eigenvalue weighted by Gasteiger charge is 2.25. The van der Waals surface area contributed by atoms with Crippen molar-refractivity contribution in [2.45, 2.75) is 25.8 Å². The molecule has 0 saturated heterocycles. The molecule has 4 heteroatoms. The molecule has 2 nitrogen and oxygen atoms in total. The van der Waals surface area contributed by atoms with Crippen LogP contribution in [-0.4, -0.2) is 18.3 Å². The summed E-state index contributed by atoms with van der Waals surface area (Å²) in [5.74, 6) is 1.07. The molecular formula is C14H19Cl2NO. The maximum Gasteiger partial charge on any atom is 0.0465 e. The molecule has 100 valence electrons. The van der Waals surface area contributed by atoms with Crippen molar-refractivity contribution in [1.29, 1.82) is 0 Å². The van der Waals surface area contributed by atoms with Gasteiger partial charge in [-0.2, -0.15) is 0 Å². The largest absolute Gasteiger partial charge is 0.396 e. The average Bonchev–Trinajstić information content (AvgIpc) is 2.79. The van der Waals surface area contributed by atoms with E-state index in [0.717, 1.165) is 25.1 Å². The minimum atomic E-state index is 0.314. The number of hydrogen-bond donors (Lipinski definition) is 2. The SMILES string of the molecule is OCC1CCCC1CNCc1ccc(Cl)cc1Cl. The van der Waals surface area contributed by atoms with Crippen LogP contribution in [-0.2, 0) is 6.54 Å². The van der Waals surface area contributed by atoms with Crippen molar-refractivity contribution < 1.29 is 5.11 Å². The summed E-state index contributed by atoms with van der Waals surface area (Å²) < 4.78 is 0. The standard InChI is InChI=1S/C14H19Cl2NO/c15-13-5-4-11(14(16)6-13)8-17-7-10-2-1-3-12(10)9-18/h4-6,10,12,17-18H,1-3,7-9H2. The molecule has 0 heterocycles. The fraction of sp³-hybridized carbons (Fsp3) is 0.571. The maximum atomic E-state index is 9.26. The lowest BCUT2D eigenvalue weighted by atomic mass is 9.97. The molecule has 1 fully saturated rings. The molecule has 1 aliphatic carbocycles. The predicted octanol–water partition coefficient (Wildman–Crippen LogP) is 3.49. The first-order valence-corrected chi connectivity index (χ1v) is 7.22. The monoisotopic (exact) mass is 287 g/mol. The Bertz CT molecular complexity index is 397. The number of benzene rings is 1. The van der Waals surface area contributed by atoms with Gasteiger partial charge in [-0.3, -0.25) is 0 Å². The lowest BCUT2D eigenvalue weighted by Gasteiger charge is -2.18. The van der Waals surface area contributed by atoms with Crippen LogP contribution >= 0.6 is 23.2 Å². The topological polar surface area (TPSA) is 32.3 Å². The molecule has 1 aliphatic rings. The van der Waals surface area contributed by atoms with Crippen molar-refractivity contribution in [3.63, 3.8) is 0 Å². The quantitative estimate of drug-likeness (QED) is 0.869. The van der Waals surface area contributed by atoms with Crippen molar-refractivity contribution in [2.24, 2.45) is 11.8 Å². The van der Waals surface area contributed by atoms with Crippen LogP contribution in [0.25, 0.3) is 0 Å². The van der Waals surface area contributed by atoms with Gasteiger partial charge in [0.05, 0.1) is 0 Å². The van der Waals surface area contributed by atoms with Gasteiger partial charge in [0.1, 0.15) is 0 Å². The first kappa shape index (κ1) is 14.1. The van der Waals surface area contributed by atoms with E-state index >= 15 is 0 Å². The number of aliphatic hydroxyl groups excluding tert-OH is 1. The summed E-state index contributed by atoms with van der Waals surface area (Å²) in [6.45, 7) is 2.02. The zero-order valence-corrected chi connectivity index (χ0v) is 11.8. The van der Waals surface area contributed by atoms with Crippen LogP contribution < -0.4 is 5.32 Å². The molecule has 2 N–H and O–H groups in total. The van der Waals surface area contributed by atoms with Crippen molar-refractivity contribution in [2.75, 3.05) is 13.2 Å². The van der Waals surface area contributed by atoms with Gasteiger partial charge >= 0.3 is 0 Å². The van der Waals surface area contributed by atoms with Gasteiger partial charge in [0, 0.05) is 23.2 Å².